The number of hydrogen-bond donors (Lipinski definition) is 0. The van der Waals surface area contributed by atoms with Gasteiger partial charge in [-0.25, -0.2) is 8.42 Å². The minimum absolute atomic E-state index is 0.322. The molecule has 4 nitrogen and oxygen atoms in total. The first-order chi connectivity index (χ1) is 9.08. The van der Waals surface area contributed by atoms with E-state index in [4.69, 9.17) is 16.3 Å². The molecule has 0 aliphatic carbocycles. The standard InChI is InChI=1S/C13H14ClNO3S/c14-11-2-1-3-12-13(11)10(9-19(12,16)17)8-15-4-6-18-7-5-15/h1-3,9H,4-8H2. The van der Waals surface area contributed by atoms with E-state index in [0.29, 0.717) is 35.2 Å². The van der Waals surface area contributed by atoms with Gasteiger partial charge in [0.25, 0.3) is 0 Å². The molecular formula is C13H14ClNO3S. The molecule has 0 N–H and O–H groups in total. The molecule has 6 heteroatoms. The molecule has 19 heavy (non-hydrogen) atoms. The van der Waals surface area contributed by atoms with E-state index in [1.807, 2.05) is 0 Å². The van der Waals surface area contributed by atoms with Crippen LogP contribution in [0.2, 0.25) is 5.02 Å². The Morgan fingerprint density at radius 2 is 2.00 bits per heavy atom. The molecule has 0 radical (unpaired) electrons. The number of hydrogen-bond acceptors (Lipinski definition) is 4. The van der Waals surface area contributed by atoms with Crippen LogP contribution in [-0.2, 0) is 14.6 Å². The van der Waals surface area contributed by atoms with Crippen LogP contribution in [-0.4, -0.2) is 46.2 Å². The molecule has 0 spiro atoms. The molecule has 0 atom stereocenters. The van der Waals surface area contributed by atoms with Crippen LogP contribution >= 0.6 is 11.6 Å². The SMILES string of the molecule is O=S1(=O)C=C(CN2CCOCC2)c2c(Cl)cccc21. The van der Waals surface area contributed by atoms with Crippen LogP contribution in [0, 0.1) is 0 Å². The van der Waals surface area contributed by atoms with Crippen molar-refractivity contribution in [2.75, 3.05) is 32.8 Å². The Morgan fingerprint density at radius 3 is 2.74 bits per heavy atom. The van der Waals surface area contributed by atoms with Gasteiger partial charge in [-0.2, -0.15) is 0 Å². The number of rotatable bonds is 2. The van der Waals surface area contributed by atoms with Crippen molar-refractivity contribution in [2.24, 2.45) is 0 Å². The van der Waals surface area contributed by atoms with E-state index in [0.717, 1.165) is 18.7 Å². The lowest BCUT2D eigenvalue weighted by Gasteiger charge is -2.27. The molecule has 0 amide bonds. The van der Waals surface area contributed by atoms with Gasteiger partial charge in [0.05, 0.1) is 18.1 Å². The summed E-state index contributed by atoms with van der Waals surface area (Å²) in [5.74, 6) is 0. The summed E-state index contributed by atoms with van der Waals surface area (Å²) >= 11 is 6.16. The number of sulfone groups is 1. The highest BCUT2D eigenvalue weighted by molar-refractivity contribution is 7.95. The van der Waals surface area contributed by atoms with Crippen LogP contribution < -0.4 is 0 Å². The molecule has 0 bridgehead atoms. The van der Waals surface area contributed by atoms with E-state index in [-0.39, 0.29) is 0 Å². The van der Waals surface area contributed by atoms with Gasteiger partial charge < -0.3 is 4.74 Å². The number of benzene rings is 1. The minimum atomic E-state index is -3.33. The molecule has 2 aliphatic heterocycles. The maximum Gasteiger partial charge on any atom is 0.200 e. The van der Waals surface area contributed by atoms with E-state index in [1.165, 1.54) is 5.41 Å². The molecule has 1 aromatic carbocycles. The summed E-state index contributed by atoms with van der Waals surface area (Å²) < 4.78 is 29.5. The molecular weight excluding hydrogens is 286 g/mol. The fourth-order valence-corrected chi connectivity index (χ4v) is 4.32. The minimum Gasteiger partial charge on any atom is -0.379 e. The summed E-state index contributed by atoms with van der Waals surface area (Å²) in [5.41, 5.74) is 1.44. The van der Waals surface area contributed by atoms with Gasteiger partial charge in [0.2, 0.25) is 9.84 Å². The summed E-state index contributed by atoms with van der Waals surface area (Å²) in [6, 6.07) is 5.01. The fraction of sp³-hybridized carbons (Fsp3) is 0.385. The number of morpholine rings is 1. The van der Waals surface area contributed by atoms with Gasteiger partial charge in [0.1, 0.15) is 0 Å². The second kappa shape index (κ2) is 4.90. The number of halogens is 1. The average molecular weight is 300 g/mol. The summed E-state index contributed by atoms with van der Waals surface area (Å²) in [6.45, 7) is 3.61. The van der Waals surface area contributed by atoms with Crippen LogP contribution in [0.4, 0.5) is 0 Å². The van der Waals surface area contributed by atoms with Crippen molar-refractivity contribution in [3.05, 3.63) is 34.2 Å². The zero-order valence-corrected chi connectivity index (χ0v) is 11.9. The largest absolute Gasteiger partial charge is 0.379 e. The monoisotopic (exact) mass is 299 g/mol. The van der Waals surface area contributed by atoms with Crippen LogP contribution in [0.15, 0.2) is 28.5 Å². The molecule has 1 fully saturated rings. The zero-order chi connectivity index (χ0) is 13.5. The highest BCUT2D eigenvalue weighted by Gasteiger charge is 2.29. The molecule has 0 aromatic heterocycles. The summed E-state index contributed by atoms with van der Waals surface area (Å²) in [6.07, 6.45) is 0. The van der Waals surface area contributed by atoms with Crippen molar-refractivity contribution in [2.45, 2.75) is 4.90 Å². The van der Waals surface area contributed by atoms with Crippen molar-refractivity contribution >= 4 is 27.0 Å². The Hall–Kier alpha value is -0.880. The summed E-state index contributed by atoms with van der Waals surface area (Å²) in [7, 11) is -3.33. The molecule has 3 rings (SSSR count). The maximum atomic E-state index is 12.1. The summed E-state index contributed by atoms with van der Waals surface area (Å²) in [5, 5.41) is 1.84. The predicted octanol–water partition coefficient (Wildman–Crippen LogP) is 1.80. The summed E-state index contributed by atoms with van der Waals surface area (Å²) in [4.78, 5) is 2.51. The Labute approximate surface area is 117 Å². The number of nitrogens with zero attached hydrogens (tertiary/aromatic N) is 1. The lowest BCUT2D eigenvalue weighted by atomic mass is 10.1. The van der Waals surface area contributed by atoms with E-state index in [1.54, 1.807) is 18.2 Å². The van der Waals surface area contributed by atoms with E-state index >= 15 is 0 Å². The molecule has 102 valence electrons. The molecule has 2 aliphatic rings. The maximum absolute atomic E-state index is 12.1. The molecule has 0 saturated carbocycles. The fourth-order valence-electron chi connectivity index (χ4n) is 2.48. The molecule has 0 unspecified atom stereocenters. The van der Waals surface area contributed by atoms with Gasteiger partial charge in [-0.15, -0.1) is 0 Å². The van der Waals surface area contributed by atoms with Crippen molar-refractivity contribution in [1.29, 1.82) is 0 Å². The Bertz CT molecular complexity index is 633. The van der Waals surface area contributed by atoms with Crippen LogP contribution in [0.5, 0.6) is 0 Å². The third-order valence-corrected chi connectivity index (χ3v) is 5.26. The predicted molar refractivity (Wildman–Crippen MR) is 73.9 cm³/mol. The van der Waals surface area contributed by atoms with Crippen molar-refractivity contribution < 1.29 is 13.2 Å². The Morgan fingerprint density at radius 1 is 1.26 bits per heavy atom. The van der Waals surface area contributed by atoms with Gasteiger partial charge >= 0.3 is 0 Å². The third kappa shape index (κ3) is 2.43. The molecule has 1 saturated heterocycles. The van der Waals surface area contributed by atoms with Gasteiger partial charge in [0.15, 0.2) is 0 Å². The quantitative estimate of drug-likeness (QED) is 0.835. The van der Waals surface area contributed by atoms with Crippen LogP contribution in [0.25, 0.3) is 5.57 Å². The normalized spacial score (nSPS) is 22.1. The molecule has 1 aromatic rings. The highest BCUT2D eigenvalue weighted by atomic mass is 35.5. The van der Waals surface area contributed by atoms with Gasteiger partial charge in [-0.1, -0.05) is 17.7 Å². The third-order valence-electron chi connectivity index (χ3n) is 3.40. The molecule has 2 heterocycles. The lowest BCUT2D eigenvalue weighted by molar-refractivity contribution is 0.0444. The first kappa shape index (κ1) is 13.1. The number of ether oxygens (including phenoxy) is 1. The average Bonchev–Trinajstić information content (AvgIpc) is 2.63. The highest BCUT2D eigenvalue weighted by Crippen LogP contribution is 2.38. The zero-order valence-electron chi connectivity index (χ0n) is 10.3. The topological polar surface area (TPSA) is 46.6 Å². The second-order valence-corrected chi connectivity index (χ2v) is 6.86. The van der Waals surface area contributed by atoms with Crippen molar-refractivity contribution in [1.82, 2.24) is 4.90 Å². The first-order valence-corrected chi connectivity index (χ1v) is 8.05. The van der Waals surface area contributed by atoms with E-state index < -0.39 is 9.84 Å². The van der Waals surface area contributed by atoms with Crippen molar-refractivity contribution in [3.63, 3.8) is 0 Å². The second-order valence-electron chi connectivity index (χ2n) is 4.69. The van der Waals surface area contributed by atoms with E-state index in [2.05, 4.69) is 4.90 Å². The van der Waals surface area contributed by atoms with Gasteiger partial charge in [-0.3, -0.25) is 4.90 Å². The Balaban J connectivity index is 1.95. The van der Waals surface area contributed by atoms with Crippen LogP contribution in [0.3, 0.4) is 0 Å². The number of fused-ring (bicyclic) bond motifs is 1. The van der Waals surface area contributed by atoms with Gasteiger partial charge in [-0.05, 0) is 17.7 Å². The lowest BCUT2D eigenvalue weighted by Crippen LogP contribution is -2.37. The Kier molecular flexibility index (Phi) is 3.39. The van der Waals surface area contributed by atoms with Crippen LogP contribution in [0.1, 0.15) is 5.56 Å². The smallest absolute Gasteiger partial charge is 0.200 e. The van der Waals surface area contributed by atoms with Gasteiger partial charge in [0, 0.05) is 35.6 Å². The van der Waals surface area contributed by atoms with Crippen molar-refractivity contribution in [3.8, 4) is 0 Å². The first-order valence-electron chi connectivity index (χ1n) is 6.12. The van der Waals surface area contributed by atoms with E-state index in [9.17, 15) is 8.42 Å².